The van der Waals surface area contributed by atoms with E-state index in [2.05, 4.69) is 10.6 Å². The minimum absolute atomic E-state index is 0.0991. The van der Waals surface area contributed by atoms with Gasteiger partial charge in [-0.3, -0.25) is 14.4 Å². The number of aliphatic hydroxyl groups excluding tert-OH is 1. The van der Waals surface area contributed by atoms with Crippen LogP contribution in [0, 0.1) is 17.8 Å². The number of nitrogens with one attached hydrogen (secondary N) is 2. The molecule has 5 rings (SSSR count). The van der Waals surface area contributed by atoms with Crippen molar-refractivity contribution < 1.29 is 24.2 Å². The number of fused-ring (bicyclic) bond motifs is 1. The number of benzene rings is 2. The van der Waals surface area contributed by atoms with Crippen LogP contribution in [-0.2, 0) is 25.7 Å². The Kier molecular flexibility index (Phi) is 6.58. The van der Waals surface area contributed by atoms with Crippen LogP contribution < -0.4 is 10.6 Å². The Morgan fingerprint density at radius 1 is 1.05 bits per heavy atom. The SMILES string of the molecule is CC(C)[C@H](CO)N1C(=O)[C@@H]2[C@H](C(=O)Nc3ccccc3)[C@]3(C)CCC2(O3)C1C(=O)NCc1ccccc1. The summed E-state index contributed by atoms with van der Waals surface area (Å²) < 4.78 is 6.64. The molecule has 3 aliphatic rings. The summed E-state index contributed by atoms with van der Waals surface area (Å²) in [6, 6.07) is 17.2. The van der Waals surface area contributed by atoms with Gasteiger partial charge in [0.05, 0.1) is 30.1 Å². The highest BCUT2D eigenvalue weighted by atomic mass is 16.5. The van der Waals surface area contributed by atoms with Crippen LogP contribution in [0.4, 0.5) is 5.69 Å². The van der Waals surface area contributed by atoms with E-state index in [4.69, 9.17) is 4.74 Å². The van der Waals surface area contributed by atoms with Crippen molar-refractivity contribution in [2.45, 2.75) is 63.4 Å². The molecule has 0 radical (unpaired) electrons. The van der Waals surface area contributed by atoms with E-state index < -0.39 is 35.1 Å². The fourth-order valence-electron chi connectivity index (χ4n) is 6.66. The first kappa shape index (κ1) is 25.4. The molecule has 0 aliphatic carbocycles. The first-order valence-corrected chi connectivity index (χ1v) is 13.0. The van der Waals surface area contributed by atoms with E-state index in [0.717, 1.165) is 5.56 Å². The summed E-state index contributed by atoms with van der Waals surface area (Å²) in [6.07, 6.45) is 1.05. The fourth-order valence-corrected chi connectivity index (χ4v) is 6.66. The zero-order valence-electron chi connectivity index (χ0n) is 21.5. The molecular formula is C29H35N3O5. The Bertz CT molecular complexity index is 1170. The Morgan fingerprint density at radius 2 is 1.70 bits per heavy atom. The van der Waals surface area contributed by atoms with Crippen molar-refractivity contribution in [3.05, 3.63) is 66.2 Å². The van der Waals surface area contributed by atoms with E-state index in [1.54, 1.807) is 12.1 Å². The third-order valence-corrected chi connectivity index (χ3v) is 8.41. The average molecular weight is 506 g/mol. The lowest BCUT2D eigenvalue weighted by Crippen LogP contribution is -2.58. The van der Waals surface area contributed by atoms with Crippen LogP contribution in [-0.4, -0.2) is 57.6 Å². The van der Waals surface area contributed by atoms with Gasteiger partial charge in [-0.2, -0.15) is 0 Å². The molecule has 2 unspecified atom stereocenters. The third-order valence-electron chi connectivity index (χ3n) is 8.41. The van der Waals surface area contributed by atoms with E-state index in [-0.39, 0.29) is 30.2 Å². The molecular weight excluding hydrogens is 470 g/mol. The van der Waals surface area contributed by atoms with Gasteiger partial charge in [-0.25, -0.2) is 0 Å². The molecule has 2 aromatic rings. The highest BCUT2D eigenvalue weighted by Crippen LogP contribution is 2.63. The van der Waals surface area contributed by atoms with Gasteiger partial charge >= 0.3 is 0 Å². The molecule has 6 atom stereocenters. The van der Waals surface area contributed by atoms with E-state index in [1.807, 2.05) is 69.3 Å². The molecule has 3 saturated heterocycles. The number of carbonyl (C=O) groups excluding carboxylic acids is 3. The zero-order chi connectivity index (χ0) is 26.4. The Labute approximate surface area is 217 Å². The van der Waals surface area contributed by atoms with Crippen molar-refractivity contribution in [2.24, 2.45) is 17.8 Å². The molecule has 0 aromatic heterocycles. The standard InChI is InChI=1S/C29H35N3O5/c1-18(2)21(17-33)32-24(26(35)30-16-19-10-6-4-7-11-19)29-15-14-28(3,37-29)22(23(29)27(32)36)25(34)31-20-12-8-5-9-13-20/h4-13,18,21-24,33H,14-17H2,1-3H3,(H,30,35)(H,31,34)/t21-,22+,23-,24?,28-,29?/m0/s1. The van der Waals surface area contributed by atoms with E-state index >= 15 is 0 Å². The molecule has 2 bridgehead atoms. The molecule has 3 amide bonds. The third kappa shape index (κ3) is 4.12. The number of para-hydroxylation sites is 1. The van der Waals surface area contributed by atoms with Gasteiger partial charge in [0.15, 0.2) is 0 Å². The minimum atomic E-state index is -1.13. The second-order valence-corrected chi connectivity index (χ2v) is 11.0. The second-order valence-electron chi connectivity index (χ2n) is 11.0. The number of ether oxygens (including phenoxy) is 1. The maximum absolute atomic E-state index is 14.1. The molecule has 8 nitrogen and oxygen atoms in total. The smallest absolute Gasteiger partial charge is 0.246 e. The summed E-state index contributed by atoms with van der Waals surface area (Å²) in [4.78, 5) is 43.2. The summed E-state index contributed by atoms with van der Waals surface area (Å²) in [5, 5.41) is 16.2. The number of rotatable bonds is 8. The average Bonchev–Trinajstić information content (AvgIpc) is 3.45. The van der Waals surface area contributed by atoms with Crippen LogP contribution in [0.3, 0.4) is 0 Å². The predicted octanol–water partition coefficient (Wildman–Crippen LogP) is 2.72. The molecule has 8 heteroatoms. The first-order chi connectivity index (χ1) is 17.7. The van der Waals surface area contributed by atoms with Crippen molar-refractivity contribution in [1.82, 2.24) is 10.2 Å². The Balaban J connectivity index is 1.51. The highest BCUT2D eigenvalue weighted by Gasteiger charge is 2.78. The lowest BCUT2D eigenvalue weighted by Gasteiger charge is -2.38. The predicted molar refractivity (Wildman–Crippen MR) is 138 cm³/mol. The van der Waals surface area contributed by atoms with Crippen molar-refractivity contribution in [3.8, 4) is 0 Å². The summed E-state index contributed by atoms with van der Waals surface area (Å²) in [5.74, 6) is -2.58. The first-order valence-electron chi connectivity index (χ1n) is 13.0. The maximum Gasteiger partial charge on any atom is 0.246 e. The van der Waals surface area contributed by atoms with Gasteiger partial charge in [0.1, 0.15) is 11.6 Å². The molecule has 0 saturated carbocycles. The van der Waals surface area contributed by atoms with Gasteiger partial charge in [-0.05, 0) is 43.4 Å². The molecule has 3 N–H and O–H groups in total. The van der Waals surface area contributed by atoms with Gasteiger partial charge in [0, 0.05) is 12.2 Å². The van der Waals surface area contributed by atoms with Crippen LogP contribution in [0.5, 0.6) is 0 Å². The van der Waals surface area contributed by atoms with Gasteiger partial charge in [-0.1, -0.05) is 62.4 Å². The maximum atomic E-state index is 14.1. The van der Waals surface area contributed by atoms with E-state index in [9.17, 15) is 19.5 Å². The van der Waals surface area contributed by atoms with Crippen LogP contribution >= 0.6 is 0 Å². The van der Waals surface area contributed by atoms with Crippen LogP contribution in [0.15, 0.2) is 60.7 Å². The number of nitrogens with zero attached hydrogens (tertiary/aromatic N) is 1. The number of anilines is 1. The summed E-state index contributed by atoms with van der Waals surface area (Å²) in [7, 11) is 0. The number of aliphatic hydroxyl groups is 1. The molecule has 1 spiro atoms. The summed E-state index contributed by atoms with van der Waals surface area (Å²) in [6.45, 7) is 5.72. The van der Waals surface area contributed by atoms with Gasteiger partial charge in [0.2, 0.25) is 17.7 Å². The van der Waals surface area contributed by atoms with Crippen molar-refractivity contribution in [1.29, 1.82) is 0 Å². The number of likely N-dealkylation sites (tertiary alicyclic amines) is 1. The summed E-state index contributed by atoms with van der Waals surface area (Å²) >= 11 is 0. The normalized spacial score (nSPS) is 30.9. The lowest BCUT2D eigenvalue weighted by atomic mass is 9.66. The van der Waals surface area contributed by atoms with Crippen molar-refractivity contribution in [2.75, 3.05) is 11.9 Å². The molecule has 3 fully saturated rings. The van der Waals surface area contributed by atoms with Crippen molar-refractivity contribution in [3.63, 3.8) is 0 Å². The Morgan fingerprint density at radius 3 is 2.32 bits per heavy atom. The van der Waals surface area contributed by atoms with Gasteiger partial charge < -0.3 is 25.4 Å². The van der Waals surface area contributed by atoms with Crippen molar-refractivity contribution >= 4 is 23.4 Å². The van der Waals surface area contributed by atoms with E-state index in [0.29, 0.717) is 25.1 Å². The molecule has 3 heterocycles. The van der Waals surface area contributed by atoms with Crippen LogP contribution in [0.2, 0.25) is 0 Å². The number of hydrogen-bond acceptors (Lipinski definition) is 5. The van der Waals surface area contributed by atoms with E-state index in [1.165, 1.54) is 4.90 Å². The fraction of sp³-hybridized carbons (Fsp3) is 0.483. The number of carbonyl (C=O) groups is 3. The molecule has 3 aliphatic heterocycles. The quantitative estimate of drug-likeness (QED) is 0.511. The van der Waals surface area contributed by atoms with Gasteiger partial charge in [-0.15, -0.1) is 0 Å². The zero-order valence-corrected chi connectivity index (χ0v) is 21.5. The Hall–Kier alpha value is -3.23. The highest BCUT2D eigenvalue weighted by molar-refractivity contribution is 6.02. The molecule has 196 valence electrons. The topological polar surface area (TPSA) is 108 Å². The van der Waals surface area contributed by atoms with Crippen LogP contribution in [0.25, 0.3) is 0 Å². The molecule has 2 aromatic carbocycles. The number of hydrogen-bond donors (Lipinski definition) is 3. The largest absolute Gasteiger partial charge is 0.394 e. The lowest BCUT2D eigenvalue weighted by molar-refractivity contribution is -0.150. The summed E-state index contributed by atoms with van der Waals surface area (Å²) in [5.41, 5.74) is -0.418. The van der Waals surface area contributed by atoms with Crippen LogP contribution in [0.1, 0.15) is 39.2 Å². The minimum Gasteiger partial charge on any atom is -0.394 e. The molecule has 37 heavy (non-hydrogen) atoms. The second kappa shape index (κ2) is 9.58. The number of amides is 3. The van der Waals surface area contributed by atoms with Gasteiger partial charge in [0.25, 0.3) is 0 Å². The monoisotopic (exact) mass is 505 g/mol.